The van der Waals surface area contributed by atoms with E-state index in [9.17, 15) is 0 Å². The molecule has 1 aromatic rings. The van der Waals surface area contributed by atoms with Gasteiger partial charge in [-0.25, -0.2) is 0 Å². The van der Waals surface area contributed by atoms with Gasteiger partial charge in [-0.05, 0) is 47.8 Å². The summed E-state index contributed by atoms with van der Waals surface area (Å²) in [5.74, 6) is 0. The molecule has 0 N–H and O–H groups in total. The maximum absolute atomic E-state index is 2.40. The minimum atomic E-state index is 0.386. The van der Waals surface area contributed by atoms with Crippen molar-refractivity contribution in [1.29, 1.82) is 0 Å². The highest BCUT2D eigenvalue weighted by molar-refractivity contribution is 5.40. The summed E-state index contributed by atoms with van der Waals surface area (Å²) in [7, 11) is 0. The molecule has 0 amide bonds. The quantitative estimate of drug-likeness (QED) is 0.597. The molecule has 0 saturated carbocycles. The Morgan fingerprint density at radius 1 is 1.20 bits per heavy atom. The number of benzene rings is 1. The standard InChI is InChI=1S/C15H22/c1-4-12-8-7-10-14-13(12)9-5-6-11-15(14,2)3/h7-8,10H,4-6,9,11H2,1-3H3. The first kappa shape index (κ1) is 10.7. The van der Waals surface area contributed by atoms with Crippen molar-refractivity contribution in [3.8, 4) is 0 Å². The van der Waals surface area contributed by atoms with Gasteiger partial charge < -0.3 is 0 Å². The van der Waals surface area contributed by atoms with Crippen LogP contribution in [0.4, 0.5) is 0 Å². The number of aryl methyl sites for hydroxylation is 1. The first-order chi connectivity index (χ1) is 7.15. The van der Waals surface area contributed by atoms with Crippen LogP contribution in [0.2, 0.25) is 0 Å². The lowest BCUT2D eigenvalue weighted by atomic mass is 9.78. The van der Waals surface area contributed by atoms with Crippen LogP contribution in [0.25, 0.3) is 0 Å². The molecule has 0 spiro atoms. The molecule has 0 atom stereocenters. The minimum Gasteiger partial charge on any atom is -0.0617 e. The van der Waals surface area contributed by atoms with E-state index in [0.717, 1.165) is 0 Å². The molecule has 1 aliphatic carbocycles. The first-order valence-corrected chi connectivity index (χ1v) is 6.26. The number of hydrogen-bond acceptors (Lipinski definition) is 0. The summed E-state index contributed by atoms with van der Waals surface area (Å²) >= 11 is 0. The molecule has 1 aromatic carbocycles. The van der Waals surface area contributed by atoms with Crippen molar-refractivity contribution < 1.29 is 0 Å². The highest BCUT2D eigenvalue weighted by Gasteiger charge is 2.26. The minimum absolute atomic E-state index is 0.386. The fourth-order valence-corrected chi connectivity index (χ4v) is 2.90. The molecule has 0 aliphatic heterocycles. The predicted octanol–water partition coefficient (Wildman–Crippen LogP) is 4.25. The van der Waals surface area contributed by atoms with Gasteiger partial charge in [0, 0.05) is 0 Å². The molecule has 15 heavy (non-hydrogen) atoms. The van der Waals surface area contributed by atoms with Gasteiger partial charge in [0.25, 0.3) is 0 Å². The van der Waals surface area contributed by atoms with Crippen molar-refractivity contribution in [2.75, 3.05) is 0 Å². The van der Waals surface area contributed by atoms with Crippen LogP contribution in [-0.2, 0) is 18.3 Å². The molecule has 0 bridgehead atoms. The fourth-order valence-electron chi connectivity index (χ4n) is 2.90. The Hall–Kier alpha value is -0.780. The van der Waals surface area contributed by atoms with Crippen LogP contribution in [0.15, 0.2) is 18.2 Å². The van der Waals surface area contributed by atoms with E-state index in [-0.39, 0.29) is 0 Å². The Morgan fingerprint density at radius 3 is 2.73 bits per heavy atom. The zero-order chi connectivity index (χ0) is 10.9. The smallest absolute Gasteiger partial charge is 0.0101 e. The van der Waals surface area contributed by atoms with Gasteiger partial charge in [-0.15, -0.1) is 0 Å². The first-order valence-electron chi connectivity index (χ1n) is 6.26. The molecule has 0 fully saturated rings. The molecule has 1 aliphatic rings. The SMILES string of the molecule is CCc1cccc2c1CCCCC2(C)C. The van der Waals surface area contributed by atoms with Crippen molar-refractivity contribution in [3.63, 3.8) is 0 Å². The average Bonchev–Trinajstić information content (AvgIpc) is 2.38. The lowest BCUT2D eigenvalue weighted by Gasteiger charge is -2.26. The Labute approximate surface area is 93.7 Å². The summed E-state index contributed by atoms with van der Waals surface area (Å²) in [6.07, 6.45) is 6.56. The summed E-state index contributed by atoms with van der Waals surface area (Å²) in [5, 5.41) is 0. The van der Waals surface area contributed by atoms with Crippen molar-refractivity contribution >= 4 is 0 Å². The Morgan fingerprint density at radius 2 is 2.00 bits per heavy atom. The van der Waals surface area contributed by atoms with E-state index < -0.39 is 0 Å². The van der Waals surface area contributed by atoms with Crippen molar-refractivity contribution in [3.05, 3.63) is 34.9 Å². The highest BCUT2D eigenvalue weighted by atomic mass is 14.3. The lowest BCUT2D eigenvalue weighted by Crippen LogP contribution is -2.17. The van der Waals surface area contributed by atoms with Gasteiger partial charge in [-0.2, -0.15) is 0 Å². The zero-order valence-corrected chi connectivity index (χ0v) is 10.3. The van der Waals surface area contributed by atoms with Crippen LogP contribution < -0.4 is 0 Å². The van der Waals surface area contributed by atoms with Crippen molar-refractivity contribution in [2.45, 2.75) is 58.3 Å². The van der Waals surface area contributed by atoms with Crippen LogP contribution >= 0.6 is 0 Å². The molecule has 0 saturated heterocycles. The van der Waals surface area contributed by atoms with E-state index in [1.165, 1.54) is 32.1 Å². The predicted molar refractivity (Wildman–Crippen MR) is 66.4 cm³/mol. The third-order valence-corrected chi connectivity index (χ3v) is 3.86. The second-order valence-electron chi connectivity index (χ2n) is 5.39. The zero-order valence-electron chi connectivity index (χ0n) is 10.3. The van der Waals surface area contributed by atoms with E-state index in [1.54, 1.807) is 16.7 Å². The Kier molecular flexibility index (Phi) is 2.86. The molecule has 0 heterocycles. The molecular formula is C15H22. The van der Waals surface area contributed by atoms with Gasteiger partial charge in [-0.3, -0.25) is 0 Å². The number of rotatable bonds is 1. The summed E-state index contributed by atoms with van der Waals surface area (Å²) in [6, 6.07) is 6.89. The van der Waals surface area contributed by atoms with Crippen LogP contribution in [0.1, 0.15) is 56.7 Å². The fraction of sp³-hybridized carbons (Fsp3) is 0.600. The second kappa shape index (κ2) is 4.00. The average molecular weight is 202 g/mol. The van der Waals surface area contributed by atoms with Gasteiger partial charge in [0.05, 0.1) is 0 Å². The molecule has 0 heteroatoms. The molecule has 2 rings (SSSR count). The van der Waals surface area contributed by atoms with Gasteiger partial charge in [0.1, 0.15) is 0 Å². The second-order valence-corrected chi connectivity index (χ2v) is 5.39. The molecule has 0 radical (unpaired) electrons. The third-order valence-electron chi connectivity index (χ3n) is 3.86. The van der Waals surface area contributed by atoms with Crippen molar-refractivity contribution in [2.24, 2.45) is 0 Å². The van der Waals surface area contributed by atoms with E-state index in [4.69, 9.17) is 0 Å². The van der Waals surface area contributed by atoms with E-state index in [1.807, 2.05) is 0 Å². The van der Waals surface area contributed by atoms with Gasteiger partial charge in [0.15, 0.2) is 0 Å². The van der Waals surface area contributed by atoms with Crippen LogP contribution in [0.3, 0.4) is 0 Å². The molecule has 82 valence electrons. The molecule has 0 aromatic heterocycles. The maximum atomic E-state index is 2.40. The molecule has 0 unspecified atom stereocenters. The topological polar surface area (TPSA) is 0 Å². The lowest BCUT2D eigenvalue weighted by molar-refractivity contribution is 0.468. The summed E-state index contributed by atoms with van der Waals surface area (Å²) in [6.45, 7) is 7.07. The van der Waals surface area contributed by atoms with Gasteiger partial charge >= 0.3 is 0 Å². The monoisotopic (exact) mass is 202 g/mol. The van der Waals surface area contributed by atoms with Crippen LogP contribution in [0.5, 0.6) is 0 Å². The summed E-state index contributed by atoms with van der Waals surface area (Å²) in [4.78, 5) is 0. The van der Waals surface area contributed by atoms with Crippen LogP contribution in [0, 0.1) is 0 Å². The van der Waals surface area contributed by atoms with Gasteiger partial charge in [0.2, 0.25) is 0 Å². The van der Waals surface area contributed by atoms with E-state index in [0.29, 0.717) is 5.41 Å². The van der Waals surface area contributed by atoms with Crippen LogP contribution in [-0.4, -0.2) is 0 Å². The molecular weight excluding hydrogens is 180 g/mol. The number of hydrogen-bond donors (Lipinski definition) is 0. The summed E-state index contributed by atoms with van der Waals surface area (Å²) in [5.41, 5.74) is 5.22. The van der Waals surface area contributed by atoms with Crippen molar-refractivity contribution in [1.82, 2.24) is 0 Å². The highest BCUT2D eigenvalue weighted by Crippen LogP contribution is 2.36. The normalized spacial score (nSPS) is 19.4. The maximum Gasteiger partial charge on any atom is -0.0101 e. The van der Waals surface area contributed by atoms with E-state index >= 15 is 0 Å². The number of fused-ring (bicyclic) bond motifs is 1. The molecule has 0 nitrogen and oxygen atoms in total. The third kappa shape index (κ3) is 1.95. The Balaban J connectivity index is 2.54. The largest absolute Gasteiger partial charge is 0.0617 e. The Bertz CT molecular complexity index is 347. The van der Waals surface area contributed by atoms with Gasteiger partial charge in [-0.1, -0.05) is 45.4 Å². The van der Waals surface area contributed by atoms with E-state index in [2.05, 4.69) is 39.0 Å². The summed E-state index contributed by atoms with van der Waals surface area (Å²) < 4.78 is 0.